The molecular weight excluding hydrogens is 244 g/mol. The highest BCUT2D eigenvalue weighted by Gasteiger charge is 2.14. The van der Waals surface area contributed by atoms with Gasteiger partial charge in [0.25, 0.3) is 0 Å². The number of rotatable bonds is 9. The van der Waals surface area contributed by atoms with Crippen molar-refractivity contribution >= 4 is 0 Å². The van der Waals surface area contributed by atoms with Crippen LogP contribution in [0, 0.1) is 0 Å². The largest absolute Gasteiger partial charge is 0.497 e. The molecule has 1 aromatic rings. The van der Waals surface area contributed by atoms with E-state index in [9.17, 15) is 5.11 Å². The van der Waals surface area contributed by atoms with Gasteiger partial charge in [-0.15, -0.1) is 6.58 Å². The molecule has 2 atom stereocenters. The molecule has 0 aliphatic rings. The van der Waals surface area contributed by atoms with Crippen molar-refractivity contribution in [3.8, 4) is 5.75 Å². The lowest BCUT2D eigenvalue weighted by molar-refractivity contribution is -0.00637. The average molecular weight is 266 g/mol. The van der Waals surface area contributed by atoms with Gasteiger partial charge >= 0.3 is 0 Å². The van der Waals surface area contributed by atoms with Gasteiger partial charge in [-0.25, -0.2) is 0 Å². The van der Waals surface area contributed by atoms with E-state index < -0.39 is 6.10 Å². The topological polar surface area (TPSA) is 47.9 Å². The molecule has 0 spiro atoms. The zero-order chi connectivity index (χ0) is 14.1. The smallest absolute Gasteiger partial charge is 0.118 e. The van der Waals surface area contributed by atoms with E-state index in [2.05, 4.69) is 6.58 Å². The predicted molar refractivity (Wildman–Crippen MR) is 74.3 cm³/mol. The summed E-state index contributed by atoms with van der Waals surface area (Å²) in [6.07, 6.45) is 1.18. The third-order valence-corrected chi connectivity index (χ3v) is 2.87. The fraction of sp³-hybridized carbons (Fsp3) is 0.467. The van der Waals surface area contributed by atoms with Crippen molar-refractivity contribution in [1.82, 2.24) is 0 Å². The zero-order valence-electron chi connectivity index (χ0n) is 11.5. The first-order valence-electron chi connectivity index (χ1n) is 6.25. The van der Waals surface area contributed by atoms with Gasteiger partial charge in [0.15, 0.2) is 0 Å². The van der Waals surface area contributed by atoms with Crippen LogP contribution >= 0.6 is 0 Å². The summed E-state index contributed by atoms with van der Waals surface area (Å²) < 4.78 is 15.7. The van der Waals surface area contributed by atoms with Crippen LogP contribution < -0.4 is 4.74 Å². The fourth-order valence-corrected chi connectivity index (χ4v) is 1.69. The molecule has 0 aliphatic heterocycles. The minimum absolute atomic E-state index is 0.343. The first kappa shape index (κ1) is 15.7. The van der Waals surface area contributed by atoms with Gasteiger partial charge in [-0.1, -0.05) is 18.2 Å². The molecule has 0 amide bonds. The zero-order valence-corrected chi connectivity index (χ0v) is 11.5. The van der Waals surface area contributed by atoms with E-state index in [1.807, 2.05) is 24.3 Å². The number of hydrogen-bond donors (Lipinski definition) is 1. The molecule has 1 rings (SSSR count). The Hall–Kier alpha value is -1.36. The molecule has 0 aromatic heterocycles. The summed E-state index contributed by atoms with van der Waals surface area (Å²) in [5.41, 5.74) is 1.07. The van der Waals surface area contributed by atoms with Crippen LogP contribution in [0.2, 0.25) is 0 Å². The normalized spacial score (nSPS) is 13.8. The Balaban J connectivity index is 2.24. The second-order valence-electron chi connectivity index (χ2n) is 4.19. The Morgan fingerprint density at radius 2 is 1.95 bits per heavy atom. The molecule has 0 unspecified atom stereocenters. The molecule has 4 nitrogen and oxygen atoms in total. The molecule has 0 saturated heterocycles. The van der Waals surface area contributed by atoms with Crippen LogP contribution in [-0.2, 0) is 16.1 Å². The SMILES string of the molecule is C=C[C@@H](OC)[C@H](O)CCOCc1ccc(OC)cc1. The van der Waals surface area contributed by atoms with E-state index in [1.54, 1.807) is 20.3 Å². The summed E-state index contributed by atoms with van der Waals surface area (Å²) in [4.78, 5) is 0. The summed E-state index contributed by atoms with van der Waals surface area (Å²) >= 11 is 0. The maximum atomic E-state index is 9.78. The lowest BCUT2D eigenvalue weighted by atomic mass is 10.1. The average Bonchev–Trinajstić information content (AvgIpc) is 2.45. The first-order valence-corrected chi connectivity index (χ1v) is 6.25. The minimum atomic E-state index is -0.585. The van der Waals surface area contributed by atoms with Gasteiger partial charge in [0.2, 0.25) is 0 Å². The van der Waals surface area contributed by atoms with E-state index in [0.29, 0.717) is 19.6 Å². The Labute approximate surface area is 114 Å². The first-order chi connectivity index (χ1) is 9.21. The standard InChI is InChI=1S/C15H22O4/c1-4-15(18-3)14(16)9-10-19-11-12-5-7-13(17-2)8-6-12/h4-8,14-16H,1,9-11H2,2-3H3/t14-,15-/m1/s1. The molecule has 1 aromatic carbocycles. The van der Waals surface area contributed by atoms with Crippen LogP contribution in [0.15, 0.2) is 36.9 Å². The summed E-state index contributed by atoms with van der Waals surface area (Å²) in [5, 5.41) is 9.78. The highest BCUT2D eigenvalue weighted by atomic mass is 16.5. The monoisotopic (exact) mass is 266 g/mol. The molecule has 0 radical (unpaired) electrons. The minimum Gasteiger partial charge on any atom is -0.497 e. The van der Waals surface area contributed by atoms with E-state index in [0.717, 1.165) is 11.3 Å². The van der Waals surface area contributed by atoms with Gasteiger partial charge in [-0.2, -0.15) is 0 Å². The third-order valence-electron chi connectivity index (χ3n) is 2.87. The Bertz CT molecular complexity index is 361. The van der Waals surface area contributed by atoms with E-state index in [1.165, 1.54) is 0 Å². The van der Waals surface area contributed by atoms with Gasteiger partial charge in [-0.3, -0.25) is 0 Å². The number of aliphatic hydroxyl groups excluding tert-OH is 1. The molecule has 106 valence electrons. The number of hydrogen-bond acceptors (Lipinski definition) is 4. The molecule has 0 saturated carbocycles. The highest BCUT2D eigenvalue weighted by molar-refractivity contribution is 5.26. The molecule has 0 fully saturated rings. The van der Waals surface area contributed by atoms with Crippen LogP contribution in [0.4, 0.5) is 0 Å². The summed E-state index contributed by atoms with van der Waals surface area (Å²) in [5.74, 6) is 0.827. The highest BCUT2D eigenvalue weighted by Crippen LogP contribution is 2.12. The Morgan fingerprint density at radius 3 is 2.47 bits per heavy atom. The van der Waals surface area contributed by atoms with Crippen LogP contribution in [0.1, 0.15) is 12.0 Å². The molecular formula is C15H22O4. The molecule has 19 heavy (non-hydrogen) atoms. The van der Waals surface area contributed by atoms with Crippen molar-refractivity contribution in [3.05, 3.63) is 42.5 Å². The van der Waals surface area contributed by atoms with Crippen LogP contribution in [0.5, 0.6) is 5.75 Å². The van der Waals surface area contributed by atoms with Gasteiger partial charge in [-0.05, 0) is 24.1 Å². The van der Waals surface area contributed by atoms with Gasteiger partial charge in [0.1, 0.15) is 11.9 Å². The van der Waals surface area contributed by atoms with E-state index in [-0.39, 0.29) is 6.10 Å². The van der Waals surface area contributed by atoms with Crippen molar-refractivity contribution in [2.45, 2.75) is 25.2 Å². The molecule has 0 heterocycles. The lowest BCUT2D eigenvalue weighted by Crippen LogP contribution is -2.27. The molecule has 4 heteroatoms. The van der Waals surface area contributed by atoms with Crippen molar-refractivity contribution in [2.75, 3.05) is 20.8 Å². The van der Waals surface area contributed by atoms with E-state index in [4.69, 9.17) is 14.2 Å². The van der Waals surface area contributed by atoms with E-state index >= 15 is 0 Å². The maximum Gasteiger partial charge on any atom is 0.118 e. The van der Waals surface area contributed by atoms with Crippen molar-refractivity contribution < 1.29 is 19.3 Å². The van der Waals surface area contributed by atoms with Crippen molar-refractivity contribution in [3.63, 3.8) is 0 Å². The maximum absolute atomic E-state index is 9.78. The Morgan fingerprint density at radius 1 is 1.26 bits per heavy atom. The third kappa shape index (κ3) is 5.42. The van der Waals surface area contributed by atoms with Crippen molar-refractivity contribution in [1.29, 1.82) is 0 Å². The second kappa shape index (κ2) is 8.69. The predicted octanol–water partition coefficient (Wildman–Crippen LogP) is 2.16. The quantitative estimate of drug-likeness (QED) is 0.549. The summed E-state index contributed by atoms with van der Waals surface area (Å²) in [6.45, 7) is 4.60. The number of aliphatic hydroxyl groups is 1. The summed E-state index contributed by atoms with van der Waals surface area (Å²) in [6, 6.07) is 7.70. The number of methoxy groups -OCH3 is 2. The van der Waals surface area contributed by atoms with Crippen LogP contribution in [0.3, 0.4) is 0 Å². The molecule has 0 bridgehead atoms. The van der Waals surface area contributed by atoms with Gasteiger partial charge in [0, 0.05) is 13.7 Å². The van der Waals surface area contributed by atoms with Gasteiger partial charge in [0.05, 0.1) is 19.8 Å². The van der Waals surface area contributed by atoms with Crippen molar-refractivity contribution in [2.24, 2.45) is 0 Å². The molecule has 1 N–H and O–H groups in total. The van der Waals surface area contributed by atoms with Crippen LogP contribution in [0.25, 0.3) is 0 Å². The van der Waals surface area contributed by atoms with Gasteiger partial charge < -0.3 is 19.3 Å². The Kier molecular flexibility index (Phi) is 7.18. The fourth-order valence-electron chi connectivity index (χ4n) is 1.69. The lowest BCUT2D eigenvalue weighted by Gasteiger charge is -2.17. The van der Waals surface area contributed by atoms with Crippen LogP contribution in [-0.4, -0.2) is 38.1 Å². The molecule has 0 aliphatic carbocycles. The summed E-state index contributed by atoms with van der Waals surface area (Å²) in [7, 11) is 3.19. The second-order valence-corrected chi connectivity index (χ2v) is 4.19. The number of ether oxygens (including phenoxy) is 3. The number of benzene rings is 1.